The normalized spacial score (nSPS) is 10.6. The number of hydrogen-bond donors (Lipinski definition) is 2. The summed E-state index contributed by atoms with van der Waals surface area (Å²) in [5.74, 6) is 1.61. The van der Waals surface area contributed by atoms with Crippen molar-refractivity contribution in [3.05, 3.63) is 60.0 Å². The SMILES string of the molecule is CN(C)c1ccc(CNC(=O)NCc2cc3ccccc3o2)cn1. The van der Waals surface area contributed by atoms with Crippen LogP contribution in [0.5, 0.6) is 0 Å². The maximum absolute atomic E-state index is 11.9. The van der Waals surface area contributed by atoms with Gasteiger partial charge in [0.25, 0.3) is 0 Å². The van der Waals surface area contributed by atoms with Crippen molar-refractivity contribution in [2.24, 2.45) is 0 Å². The molecule has 2 heterocycles. The summed E-state index contributed by atoms with van der Waals surface area (Å²) in [5, 5.41) is 6.62. The smallest absolute Gasteiger partial charge is 0.315 e. The van der Waals surface area contributed by atoms with Crippen molar-refractivity contribution in [2.45, 2.75) is 13.1 Å². The van der Waals surface area contributed by atoms with Crippen LogP contribution in [-0.4, -0.2) is 25.1 Å². The Bertz CT molecular complexity index is 791. The highest BCUT2D eigenvalue weighted by atomic mass is 16.3. The lowest BCUT2D eigenvalue weighted by Gasteiger charge is -2.11. The molecule has 0 unspecified atom stereocenters. The summed E-state index contributed by atoms with van der Waals surface area (Å²) in [5.41, 5.74) is 1.77. The van der Waals surface area contributed by atoms with Gasteiger partial charge in [0.2, 0.25) is 0 Å². The van der Waals surface area contributed by atoms with Crippen LogP contribution in [0.25, 0.3) is 11.0 Å². The lowest BCUT2D eigenvalue weighted by atomic mass is 10.2. The average molecular weight is 324 g/mol. The highest BCUT2D eigenvalue weighted by Gasteiger charge is 2.06. The van der Waals surface area contributed by atoms with Gasteiger partial charge >= 0.3 is 6.03 Å². The van der Waals surface area contributed by atoms with Crippen LogP contribution in [0, 0.1) is 0 Å². The molecule has 0 aliphatic rings. The van der Waals surface area contributed by atoms with Crippen molar-refractivity contribution in [2.75, 3.05) is 19.0 Å². The molecule has 2 aromatic heterocycles. The van der Waals surface area contributed by atoms with Gasteiger partial charge in [-0.05, 0) is 23.8 Å². The van der Waals surface area contributed by atoms with Gasteiger partial charge in [-0.15, -0.1) is 0 Å². The van der Waals surface area contributed by atoms with Gasteiger partial charge in [0.15, 0.2) is 0 Å². The standard InChI is InChI=1S/C18H20N4O2/c1-22(2)17-8-7-13(10-19-17)11-20-18(23)21-12-15-9-14-5-3-4-6-16(14)24-15/h3-10H,11-12H2,1-2H3,(H2,20,21,23). The number of nitrogens with zero attached hydrogens (tertiary/aromatic N) is 2. The van der Waals surface area contributed by atoms with Gasteiger partial charge in [0.05, 0.1) is 6.54 Å². The van der Waals surface area contributed by atoms with Gasteiger partial charge in [-0.3, -0.25) is 0 Å². The van der Waals surface area contributed by atoms with Gasteiger partial charge in [0, 0.05) is 32.2 Å². The van der Waals surface area contributed by atoms with Crippen molar-refractivity contribution < 1.29 is 9.21 Å². The van der Waals surface area contributed by atoms with E-state index < -0.39 is 0 Å². The number of aromatic nitrogens is 1. The third-order valence-electron chi connectivity index (χ3n) is 3.62. The van der Waals surface area contributed by atoms with E-state index in [9.17, 15) is 4.79 Å². The van der Waals surface area contributed by atoms with E-state index >= 15 is 0 Å². The van der Waals surface area contributed by atoms with Crippen LogP contribution in [0.15, 0.2) is 53.1 Å². The molecule has 0 saturated heterocycles. The lowest BCUT2D eigenvalue weighted by molar-refractivity contribution is 0.239. The number of hydrogen-bond acceptors (Lipinski definition) is 4. The lowest BCUT2D eigenvalue weighted by Crippen LogP contribution is -2.34. The van der Waals surface area contributed by atoms with Crippen LogP contribution in [0.4, 0.5) is 10.6 Å². The summed E-state index contributed by atoms with van der Waals surface area (Å²) in [4.78, 5) is 18.1. The predicted octanol–water partition coefficient (Wildman–Crippen LogP) is 2.89. The summed E-state index contributed by atoms with van der Waals surface area (Å²) in [6.45, 7) is 0.769. The molecule has 3 aromatic rings. The first-order valence-corrected chi connectivity index (χ1v) is 7.73. The third-order valence-corrected chi connectivity index (χ3v) is 3.62. The maximum atomic E-state index is 11.9. The first-order valence-electron chi connectivity index (χ1n) is 7.73. The zero-order valence-electron chi connectivity index (χ0n) is 13.7. The van der Waals surface area contributed by atoms with Crippen molar-refractivity contribution >= 4 is 22.8 Å². The zero-order valence-corrected chi connectivity index (χ0v) is 13.7. The molecule has 0 saturated carbocycles. The van der Waals surface area contributed by atoms with E-state index in [0.717, 1.165) is 28.1 Å². The first-order chi connectivity index (χ1) is 11.6. The quantitative estimate of drug-likeness (QED) is 0.757. The summed E-state index contributed by atoms with van der Waals surface area (Å²) in [6.07, 6.45) is 1.76. The van der Waals surface area contributed by atoms with Crippen molar-refractivity contribution in [1.82, 2.24) is 15.6 Å². The predicted molar refractivity (Wildman–Crippen MR) is 93.9 cm³/mol. The van der Waals surface area contributed by atoms with E-state index in [1.165, 1.54) is 0 Å². The first kappa shape index (κ1) is 15.9. The fourth-order valence-electron chi connectivity index (χ4n) is 2.32. The summed E-state index contributed by atoms with van der Waals surface area (Å²) in [7, 11) is 3.87. The molecule has 6 heteroatoms. The second kappa shape index (κ2) is 7.04. The Kier molecular flexibility index (Phi) is 4.65. The van der Waals surface area contributed by atoms with Crippen LogP contribution in [0.3, 0.4) is 0 Å². The molecular formula is C18H20N4O2. The number of para-hydroxylation sites is 1. The molecule has 24 heavy (non-hydrogen) atoms. The number of furan rings is 1. The summed E-state index contributed by atoms with van der Waals surface area (Å²) in [6, 6.07) is 13.3. The Morgan fingerprint density at radius 3 is 2.62 bits per heavy atom. The fraction of sp³-hybridized carbons (Fsp3) is 0.222. The highest BCUT2D eigenvalue weighted by molar-refractivity contribution is 5.78. The molecule has 0 atom stereocenters. The fourth-order valence-corrected chi connectivity index (χ4v) is 2.32. The minimum Gasteiger partial charge on any atom is -0.459 e. The topological polar surface area (TPSA) is 70.4 Å². The highest BCUT2D eigenvalue weighted by Crippen LogP contribution is 2.18. The number of fused-ring (bicyclic) bond motifs is 1. The summed E-state index contributed by atoms with van der Waals surface area (Å²) < 4.78 is 5.66. The number of amides is 2. The second-order valence-corrected chi connectivity index (χ2v) is 5.71. The third kappa shape index (κ3) is 3.84. The van der Waals surface area contributed by atoms with Gasteiger partial charge < -0.3 is 20.0 Å². The van der Waals surface area contributed by atoms with Crippen molar-refractivity contribution in [3.63, 3.8) is 0 Å². The van der Waals surface area contributed by atoms with E-state index in [0.29, 0.717) is 13.1 Å². The van der Waals surface area contributed by atoms with Gasteiger partial charge in [-0.1, -0.05) is 24.3 Å². The number of carbonyl (C=O) groups is 1. The van der Waals surface area contributed by atoms with E-state index in [1.807, 2.05) is 61.5 Å². The number of pyridine rings is 1. The molecule has 6 nitrogen and oxygen atoms in total. The molecule has 0 spiro atoms. The Hall–Kier alpha value is -3.02. The number of carbonyl (C=O) groups excluding carboxylic acids is 1. The molecule has 0 radical (unpaired) electrons. The van der Waals surface area contributed by atoms with E-state index in [2.05, 4.69) is 15.6 Å². The van der Waals surface area contributed by atoms with Crippen LogP contribution in [0.1, 0.15) is 11.3 Å². The van der Waals surface area contributed by atoms with E-state index in [1.54, 1.807) is 6.20 Å². The number of rotatable bonds is 5. The van der Waals surface area contributed by atoms with Crippen molar-refractivity contribution in [3.8, 4) is 0 Å². The number of anilines is 1. The second-order valence-electron chi connectivity index (χ2n) is 5.71. The molecule has 2 amide bonds. The average Bonchev–Trinajstić information content (AvgIpc) is 3.01. The minimum atomic E-state index is -0.243. The van der Waals surface area contributed by atoms with Crippen LogP contribution in [0.2, 0.25) is 0 Å². The Morgan fingerprint density at radius 1 is 1.12 bits per heavy atom. The largest absolute Gasteiger partial charge is 0.459 e. The van der Waals surface area contributed by atoms with E-state index in [-0.39, 0.29) is 6.03 Å². The molecule has 1 aromatic carbocycles. The van der Waals surface area contributed by atoms with Crippen molar-refractivity contribution in [1.29, 1.82) is 0 Å². The molecule has 0 fully saturated rings. The molecular weight excluding hydrogens is 304 g/mol. The number of nitrogens with one attached hydrogen (secondary N) is 2. The minimum absolute atomic E-state index is 0.243. The Labute approximate surface area is 140 Å². The summed E-state index contributed by atoms with van der Waals surface area (Å²) >= 11 is 0. The number of benzene rings is 1. The molecule has 124 valence electrons. The van der Waals surface area contributed by atoms with E-state index in [4.69, 9.17) is 4.42 Å². The molecule has 2 N–H and O–H groups in total. The van der Waals surface area contributed by atoms with Gasteiger partial charge in [0.1, 0.15) is 17.2 Å². The number of urea groups is 1. The van der Waals surface area contributed by atoms with Crippen LogP contribution in [-0.2, 0) is 13.1 Å². The molecule has 0 aliphatic heterocycles. The molecule has 0 bridgehead atoms. The zero-order chi connectivity index (χ0) is 16.9. The molecule has 0 aliphatic carbocycles. The van der Waals surface area contributed by atoms with Crippen LogP contribution >= 0.6 is 0 Å². The van der Waals surface area contributed by atoms with Gasteiger partial charge in [-0.25, -0.2) is 9.78 Å². The Morgan fingerprint density at radius 2 is 1.92 bits per heavy atom. The monoisotopic (exact) mass is 324 g/mol. The van der Waals surface area contributed by atoms with Gasteiger partial charge in [-0.2, -0.15) is 0 Å². The maximum Gasteiger partial charge on any atom is 0.315 e. The Balaban J connectivity index is 1.48. The molecule has 3 rings (SSSR count). The van der Waals surface area contributed by atoms with Crippen LogP contribution < -0.4 is 15.5 Å².